The third-order valence-electron chi connectivity index (χ3n) is 7.12. The largest absolute Gasteiger partial charge is 0.451 e. The number of hydrogen-bond acceptors (Lipinski definition) is 9. The molecule has 1 fully saturated rings. The van der Waals surface area contributed by atoms with Crippen molar-refractivity contribution in [2.75, 3.05) is 29.4 Å². The smallest absolute Gasteiger partial charge is 0.351 e. The second kappa shape index (κ2) is 10.6. The minimum Gasteiger partial charge on any atom is -0.351 e. The van der Waals surface area contributed by atoms with Gasteiger partial charge < -0.3 is 19.7 Å². The molecule has 0 aliphatic carbocycles. The lowest BCUT2D eigenvalue weighted by molar-refractivity contribution is -0.147. The van der Waals surface area contributed by atoms with Crippen LogP contribution in [0.15, 0.2) is 30.5 Å². The van der Waals surface area contributed by atoms with Gasteiger partial charge in [-0.05, 0) is 31.0 Å². The van der Waals surface area contributed by atoms with Crippen molar-refractivity contribution in [3.63, 3.8) is 0 Å². The molecule has 4 aromatic rings. The van der Waals surface area contributed by atoms with Crippen molar-refractivity contribution >= 4 is 39.2 Å². The van der Waals surface area contributed by atoms with E-state index in [0.717, 1.165) is 34.0 Å². The van der Waals surface area contributed by atoms with Crippen LogP contribution in [0.3, 0.4) is 0 Å². The van der Waals surface area contributed by atoms with E-state index >= 15 is 0 Å². The molecule has 1 amide bonds. The van der Waals surface area contributed by atoms with Gasteiger partial charge in [-0.2, -0.15) is 18.2 Å². The number of rotatable bonds is 7. The van der Waals surface area contributed by atoms with E-state index in [-0.39, 0.29) is 37.3 Å². The van der Waals surface area contributed by atoms with E-state index < -0.39 is 12.0 Å². The minimum atomic E-state index is -4.55. The zero-order valence-corrected chi connectivity index (χ0v) is 22.7. The van der Waals surface area contributed by atoms with Crippen LogP contribution in [0.5, 0.6) is 0 Å². The van der Waals surface area contributed by atoms with Crippen LogP contribution in [0.4, 0.5) is 24.9 Å². The zero-order chi connectivity index (χ0) is 27.9. The average molecular weight is 572 g/mol. The molecule has 4 aromatic heterocycles. The number of thiophene rings is 1. The lowest BCUT2D eigenvalue weighted by Gasteiger charge is -2.30. The normalized spacial score (nSPS) is 17.4. The number of hydrogen-bond donors (Lipinski definition) is 1. The van der Waals surface area contributed by atoms with E-state index in [1.807, 2.05) is 23.1 Å². The molecule has 1 saturated heterocycles. The first kappa shape index (κ1) is 26.4. The monoisotopic (exact) mass is 571 g/mol. The van der Waals surface area contributed by atoms with Gasteiger partial charge in [0.25, 0.3) is 0 Å². The fraction of sp³-hybridized carbons (Fsp3) is 0.462. The summed E-state index contributed by atoms with van der Waals surface area (Å²) in [5, 5.41) is 11.2. The Bertz CT molecular complexity index is 1520. The maximum atomic E-state index is 13.4. The highest BCUT2D eigenvalue weighted by Gasteiger charge is 2.40. The van der Waals surface area contributed by atoms with Gasteiger partial charge in [0.15, 0.2) is 5.82 Å². The van der Waals surface area contributed by atoms with E-state index in [1.165, 1.54) is 4.88 Å². The van der Waals surface area contributed by atoms with Crippen molar-refractivity contribution in [1.29, 1.82) is 0 Å². The number of halogens is 3. The molecule has 2 aliphatic heterocycles. The number of aryl methyl sites for hydroxylation is 1. The second-order valence-corrected chi connectivity index (χ2v) is 11.2. The predicted octanol–water partition coefficient (Wildman–Crippen LogP) is 3.61. The lowest BCUT2D eigenvalue weighted by atomic mass is 10.2. The molecule has 0 aromatic carbocycles. The summed E-state index contributed by atoms with van der Waals surface area (Å²) in [5.41, 5.74) is 0.716. The Morgan fingerprint density at radius 1 is 1.15 bits per heavy atom. The van der Waals surface area contributed by atoms with Crippen LogP contribution in [0.1, 0.15) is 42.0 Å². The maximum absolute atomic E-state index is 13.4. The number of pyridine rings is 1. The second-order valence-electron chi connectivity index (χ2n) is 10.0. The number of fused-ring (bicyclic) bond motifs is 2. The fourth-order valence-electron chi connectivity index (χ4n) is 5.25. The van der Waals surface area contributed by atoms with Crippen LogP contribution in [0, 0.1) is 0 Å². The highest BCUT2D eigenvalue weighted by Crippen LogP contribution is 2.36. The van der Waals surface area contributed by atoms with Crippen LogP contribution < -0.4 is 15.1 Å². The molecule has 14 heteroatoms. The van der Waals surface area contributed by atoms with E-state index in [2.05, 4.69) is 38.4 Å². The van der Waals surface area contributed by atoms with E-state index in [4.69, 9.17) is 9.97 Å². The number of carbonyl (C=O) groups is 1. The standard InChI is InChI=1S/C26H28F3N9OS/c1-2-5-18-13-19-22(36-10-11-38-20(15-36)34-35-24(38)26(27,28)29)32-25(33-23(19)40-18)37-9-7-17(14-37)31-21(39)12-16-6-3-4-8-30-16/h3-4,6,8,13,17H,2,5,7,9-12,14-15H2,1H3,(H,31,39)/t17-/m0/s1. The quantitative estimate of drug-likeness (QED) is 0.359. The van der Waals surface area contributed by atoms with Gasteiger partial charge in [-0.3, -0.25) is 9.78 Å². The van der Waals surface area contributed by atoms with Crippen molar-refractivity contribution < 1.29 is 18.0 Å². The summed E-state index contributed by atoms with van der Waals surface area (Å²) >= 11 is 1.62. The summed E-state index contributed by atoms with van der Waals surface area (Å²) in [7, 11) is 0. The molecule has 6 rings (SSSR count). The van der Waals surface area contributed by atoms with Gasteiger partial charge in [0, 0.05) is 49.0 Å². The van der Waals surface area contributed by atoms with Gasteiger partial charge in [0.05, 0.1) is 18.4 Å². The Morgan fingerprint density at radius 3 is 2.80 bits per heavy atom. The molecule has 6 heterocycles. The van der Waals surface area contributed by atoms with Crippen LogP contribution in [-0.4, -0.2) is 61.3 Å². The predicted molar refractivity (Wildman–Crippen MR) is 144 cm³/mol. The number of anilines is 2. The lowest BCUT2D eigenvalue weighted by Crippen LogP contribution is -2.38. The molecule has 10 nitrogen and oxygen atoms in total. The first-order valence-electron chi connectivity index (χ1n) is 13.3. The molecule has 0 spiro atoms. The highest BCUT2D eigenvalue weighted by molar-refractivity contribution is 7.18. The van der Waals surface area contributed by atoms with Crippen molar-refractivity contribution in [3.05, 3.63) is 52.7 Å². The number of carbonyl (C=O) groups excluding carboxylic acids is 1. The van der Waals surface area contributed by atoms with Gasteiger partial charge in [-0.25, -0.2) is 4.98 Å². The molecule has 210 valence electrons. The number of nitrogens with zero attached hydrogens (tertiary/aromatic N) is 8. The summed E-state index contributed by atoms with van der Waals surface area (Å²) in [6, 6.07) is 7.54. The Balaban J connectivity index is 1.24. The van der Waals surface area contributed by atoms with E-state index in [1.54, 1.807) is 17.5 Å². The van der Waals surface area contributed by atoms with E-state index in [9.17, 15) is 18.0 Å². The Hall–Kier alpha value is -3.81. The van der Waals surface area contributed by atoms with Crippen LogP contribution in [0.25, 0.3) is 10.2 Å². The van der Waals surface area contributed by atoms with Crippen LogP contribution >= 0.6 is 11.3 Å². The van der Waals surface area contributed by atoms with Gasteiger partial charge in [-0.15, -0.1) is 21.5 Å². The van der Waals surface area contributed by atoms with E-state index in [0.29, 0.717) is 37.1 Å². The average Bonchev–Trinajstić information content (AvgIpc) is 3.66. The van der Waals surface area contributed by atoms with Gasteiger partial charge in [0.1, 0.15) is 10.6 Å². The zero-order valence-electron chi connectivity index (χ0n) is 21.9. The van der Waals surface area contributed by atoms with Gasteiger partial charge >= 0.3 is 6.18 Å². The SMILES string of the molecule is CCCc1cc2c(N3CCn4c(nnc4C(F)(F)F)C3)nc(N3CC[C@H](NC(=O)Cc4ccccn4)C3)nc2s1. The first-order chi connectivity index (χ1) is 19.3. The third-order valence-corrected chi connectivity index (χ3v) is 8.21. The highest BCUT2D eigenvalue weighted by atomic mass is 32.1. The van der Waals surface area contributed by atoms with Gasteiger partial charge in [-0.1, -0.05) is 19.4 Å². The molecular formula is C26H28F3N9OS. The van der Waals surface area contributed by atoms with Crippen molar-refractivity contribution in [2.45, 2.75) is 57.9 Å². The van der Waals surface area contributed by atoms with Crippen molar-refractivity contribution in [1.82, 2.24) is 35.0 Å². The molecular weight excluding hydrogens is 543 g/mol. The van der Waals surface area contributed by atoms with Gasteiger partial charge in [0.2, 0.25) is 17.7 Å². The molecule has 40 heavy (non-hydrogen) atoms. The summed E-state index contributed by atoms with van der Waals surface area (Å²) in [6.07, 6.45) is -0.0136. The van der Waals surface area contributed by atoms with Crippen LogP contribution in [-0.2, 0) is 36.9 Å². The molecule has 0 bridgehead atoms. The molecule has 0 unspecified atom stereocenters. The number of alkyl halides is 3. The first-order valence-corrected chi connectivity index (χ1v) is 14.1. The fourth-order valence-corrected chi connectivity index (χ4v) is 6.37. The van der Waals surface area contributed by atoms with Crippen molar-refractivity contribution in [3.8, 4) is 0 Å². The number of amides is 1. The Kier molecular flexibility index (Phi) is 7.02. The topological polar surface area (TPSA) is 105 Å². The summed E-state index contributed by atoms with van der Waals surface area (Å²) < 4.78 is 41.2. The maximum Gasteiger partial charge on any atom is 0.451 e. The van der Waals surface area contributed by atoms with Crippen LogP contribution in [0.2, 0.25) is 0 Å². The molecule has 1 atom stereocenters. The minimum absolute atomic E-state index is 0.0488. The van der Waals surface area contributed by atoms with Crippen molar-refractivity contribution in [2.24, 2.45) is 0 Å². The number of aromatic nitrogens is 6. The summed E-state index contributed by atoms with van der Waals surface area (Å²) in [5.74, 6) is 0.444. The Morgan fingerprint density at radius 2 is 2.02 bits per heavy atom. The third kappa shape index (κ3) is 5.31. The number of nitrogens with one attached hydrogen (secondary N) is 1. The molecule has 1 N–H and O–H groups in total. The molecule has 0 saturated carbocycles. The molecule has 0 radical (unpaired) electrons. The molecule has 2 aliphatic rings. The summed E-state index contributed by atoms with van der Waals surface area (Å²) in [4.78, 5) is 32.7. The summed E-state index contributed by atoms with van der Waals surface area (Å²) in [6.45, 7) is 3.97. The Labute approximate surface area is 232 Å².